The number of aromatic nitrogens is 2. The smallest absolute Gasteiger partial charge is 0.368 e. The second-order valence-corrected chi connectivity index (χ2v) is 6.23. The number of alkyl halides is 3. The molecule has 3 N–H and O–H groups in total. The lowest BCUT2D eigenvalue weighted by atomic mass is 10.1. The highest BCUT2D eigenvalue weighted by Crippen LogP contribution is 2.27. The molecule has 0 spiro atoms. The van der Waals surface area contributed by atoms with E-state index in [1.165, 1.54) is 18.2 Å². The van der Waals surface area contributed by atoms with E-state index in [2.05, 4.69) is 15.5 Å². The molecule has 2 aromatic rings. The van der Waals surface area contributed by atoms with Gasteiger partial charge in [0, 0.05) is 6.54 Å². The summed E-state index contributed by atoms with van der Waals surface area (Å²) in [5.74, 6) is 0.221. The van der Waals surface area contributed by atoms with E-state index in [-0.39, 0.29) is 10.7 Å². The van der Waals surface area contributed by atoms with E-state index in [1.54, 1.807) is 12.1 Å². The number of primary sulfonamides is 1. The van der Waals surface area contributed by atoms with Crippen molar-refractivity contribution < 1.29 is 21.6 Å². The van der Waals surface area contributed by atoms with Crippen LogP contribution in [0.15, 0.2) is 41.3 Å². The van der Waals surface area contributed by atoms with Crippen LogP contribution in [0.2, 0.25) is 0 Å². The summed E-state index contributed by atoms with van der Waals surface area (Å²) in [4.78, 5) is 0.0165. The van der Waals surface area contributed by atoms with Gasteiger partial charge < -0.3 is 5.32 Å². The zero-order valence-electron chi connectivity index (χ0n) is 11.7. The fraction of sp³-hybridized carbons (Fsp3) is 0.231. The number of anilines is 1. The Morgan fingerprint density at radius 1 is 1.04 bits per heavy atom. The summed E-state index contributed by atoms with van der Waals surface area (Å²) in [6.07, 6.45) is -4.00. The summed E-state index contributed by atoms with van der Waals surface area (Å²) in [5, 5.41) is 14.4. The number of nitrogens with one attached hydrogen (secondary N) is 1. The highest BCUT2D eigenvalue weighted by atomic mass is 32.2. The number of benzene rings is 1. The predicted molar refractivity (Wildman–Crippen MR) is 77.0 cm³/mol. The second kappa shape index (κ2) is 6.50. The first-order valence-electron chi connectivity index (χ1n) is 6.43. The lowest BCUT2D eigenvalue weighted by molar-refractivity contribution is -0.141. The number of sulfonamides is 1. The van der Waals surface area contributed by atoms with Crippen LogP contribution in [0.4, 0.5) is 19.0 Å². The molecule has 0 aliphatic heterocycles. The van der Waals surface area contributed by atoms with Gasteiger partial charge in [-0.1, -0.05) is 12.1 Å². The molecule has 6 nitrogen and oxygen atoms in total. The van der Waals surface area contributed by atoms with Crippen LogP contribution < -0.4 is 10.5 Å². The van der Waals surface area contributed by atoms with Crippen molar-refractivity contribution in [1.82, 2.24) is 10.2 Å². The van der Waals surface area contributed by atoms with Crippen LogP contribution in [0.25, 0.3) is 0 Å². The Kier molecular flexibility index (Phi) is 4.85. The Hall–Kier alpha value is -2.20. The molecule has 2 rings (SSSR count). The third kappa shape index (κ3) is 4.89. The maximum atomic E-state index is 12.3. The zero-order valence-corrected chi connectivity index (χ0v) is 12.5. The van der Waals surface area contributed by atoms with Crippen molar-refractivity contribution in [3.8, 4) is 0 Å². The summed E-state index contributed by atoms with van der Waals surface area (Å²) in [6.45, 7) is 0.398. The van der Waals surface area contributed by atoms with Crippen LogP contribution in [0.5, 0.6) is 0 Å². The van der Waals surface area contributed by atoms with Gasteiger partial charge in [-0.2, -0.15) is 13.2 Å². The molecule has 1 heterocycles. The molecular formula is C13H13F3N4O2S. The largest absolute Gasteiger partial charge is 0.435 e. The molecule has 124 valence electrons. The Balaban J connectivity index is 1.90. The minimum Gasteiger partial charge on any atom is -0.368 e. The highest BCUT2D eigenvalue weighted by Gasteiger charge is 2.32. The number of hydrogen-bond acceptors (Lipinski definition) is 5. The van der Waals surface area contributed by atoms with E-state index in [0.29, 0.717) is 13.0 Å². The summed E-state index contributed by atoms with van der Waals surface area (Å²) in [5.41, 5.74) is -0.216. The molecule has 0 aliphatic rings. The average Bonchev–Trinajstić information content (AvgIpc) is 2.46. The summed E-state index contributed by atoms with van der Waals surface area (Å²) in [6, 6.07) is 8.04. The molecule has 0 unspecified atom stereocenters. The number of nitrogens with zero attached hydrogens (tertiary/aromatic N) is 2. The SMILES string of the molecule is NS(=O)(=O)c1ccc(CCNc2ccc(C(F)(F)F)nn2)cc1. The number of rotatable bonds is 5. The normalized spacial score (nSPS) is 12.2. The summed E-state index contributed by atoms with van der Waals surface area (Å²) in [7, 11) is -3.73. The standard InChI is InChI=1S/C13H13F3N4O2S/c14-13(15,16)11-5-6-12(20-19-11)18-8-7-9-1-3-10(4-2-9)23(17,21)22/h1-6H,7-8H2,(H,18,20)(H2,17,21,22). The first kappa shape index (κ1) is 17.2. The highest BCUT2D eigenvalue weighted by molar-refractivity contribution is 7.89. The van der Waals surface area contributed by atoms with Crippen molar-refractivity contribution in [2.24, 2.45) is 5.14 Å². The third-order valence-electron chi connectivity index (χ3n) is 2.93. The fourth-order valence-corrected chi connectivity index (χ4v) is 2.27. The maximum absolute atomic E-state index is 12.3. The number of hydrogen-bond donors (Lipinski definition) is 2. The van der Waals surface area contributed by atoms with Crippen LogP contribution in [0, 0.1) is 0 Å². The van der Waals surface area contributed by atoms with E-state index in [9.17, 15) is 21.6 Å². The van der Waals surface area contributed by atoms with Crippen molar-refractivity contribution in [2.75, 3.05) is 11.9 Å². The van der Waals surface area contributed by atoms with Crippen molar-refractivity contribution >= 4 is 15.8 Å². The van der Waals surface area contributed by atoms with E-state index in [1.807, 2.05) is 0 Å². The third-order valence-corrected chi connectivity index (χ3v) is 3.86. The summed E-state index contributed by atoms with van der Waals surface area (Å²) >= 11 is 0. The lowest BCUT2D eigenvalue weighted by Gasteiger charge is -2.07. The molecular weight excluding hydrogens is 333 g/mol. The minimum atomic E-state index is -4.52. The average molecular weight is 346 g/mol. The van der Waals surface area contributed by atoms with Gasteiger partial charge in [0.25, 0.3) is 0 Å². The van der Waals surface area contributed by atoms with E-state index < -0.39 is 21.9 Å². The molecule has 0 atom stereocenters. The number of nitrogens with two attached hydrogens (primary N) is 1. The quantitative estimate of drug-likeness (QED) is 0.860. The van der Waals surface area contributed by atoms with E-state index in [4.69, 9.17) is 5.14 Å². The molecule has 0 amide bonds. The Bertz CT molecular complexity index is 759. The molecule has 1 aromatic heterocycles. The van der Waals surface area contributed by atoms with Gasteiger partial charge >= 0.3 is 6.18 Å². The van der Waals surface area contributed by atoms with Crippen molar-refractivity contribution in [2.45, 2.75) is 17.5 Å². The molecule has 0 fully saturated rings. The molecule has 1 aromatic carbocycles. The van der Waals surface area contributed by atoms with Crippen molar-refractivity contribution in [3.63, 3.8) is 0 Å². The topological polar surface area (TPSA) is 98.0 Å². The summed E-state index contributed by atoms with van der Waals surface area (Å²) < 4.78 is 59.2. The first-order valence-corrected chi connectivity index (χ1v) is 7.97. The predicted octanol–water partition coefficient (Wildman–Crippen LogP) is 1.80. The Morgan fingerprint density at radius 3 is 2.17 bits per heavy atom. The van der Waals surface area contributed by atoms with Gasteiger partial charge in [0.2, 0.25) is 10.0 Å². The molecule has 0 aliphatic carbocycles. The molecule has 23 heavy (non-hydrogen) atoms. The van der Waals surface area contributed by atoms with Crippen LogP contribution in [0.3, 0.4) is 0 Å². The monoisotopic (exact) mass is 346 g/mol. The van der Waals surface area contributed by atoms with Crippen LogP contribution in [-0.4, -0.2) is 25.2 Å². The zero-order chi connectivity index (χ0) is 17.1. The molecule has 0 radical (unpaired) electrons. The van der Waals surface area contributed by atoms with Gasteiger partial charge in [0.15, 0.2) is 5.69 Å². The van der Waals surface area contributed by atoms with Gasteiger partial charge in [0.1, 0.15) is 5.82 Å². The van der Waals surface area contributed by atoms with Crippen molar-refractivity contribution in [3.05, 3.63) is 47.7 Å². The van der Waals surface area contributed by atoms with E-state index >= 15 is 0 Å². The first-order chi connectivity index (χ1) is 10.7. The van der Waals surface area contributed by atoms with Crippen LogP contribution in [0.1, 0.15) is 11.3 Å². The lowest BCUT2D eigenvalue weighted by Crippen LogP contribution is -2.13. The van der Waals surface area contributed by atoms with Crippen LogP contribution in [-0.2, 0) is 22.6 Å². The van der Waals surface area contributed by atoms with Gasteiger partial charge in [-0.25, -0.2) is 13.6 Å². The fourth-order valence-electron chi connectivity index (χ4n) is 1.76. The number of halogens is 3. The second-order valence-electron chi connectivity index (χ2n) is 4.67. The van der Waals surface area contributed by atoms with Gasteiger partial charge in [-0.3, -0.25) is 0 Å². The molecule has 10 heteroatoms. The Labute approximate surface area is 130 Å². The van der Waals surface area contributed by atoms with Crippen LogP contribution >= 0.6 is 0 Å². The van der Waals surface area contributed by atoms with Gasteiger partial charge in [0.05, 0.1) is 4.90 Å². The Morgan fingerprint density at radius 2 is 1.70 bits per heavy atom. The van der Waals surface area contributed by atoms with Gasteiger partial charge in [-0.05, 0) is 36.2 Å². The van der Waals surface area contributed by atoms with Crippen molar-refractivity contribution in [1.29, 1.82) is 0 Å². The van der Waals surface area contributed by atoms with Gasteiger partial charge in [-0.15, -0.1) is 10.2 Å². The van der Waals surface area contributed by atoms with E-state index in [0.717, 1.165) is 11.6 Å². The minimum absolute atomic E-state index is 0.0165. The maximum Gasteiger partial charge on any atom is 0.435 e. The molecule has 0 saturated heterocycles. The molecule has 0 saturated carbocycles. The molecule has 0 bridgehead atoms.